The molecular weight excluding hydrogens is 362 g/mol. The van der Waals surface area contributed by atoms with Crippen LogP contribution in [0.4, 0.5) is 4.79 Å². The number of imide groups is 1. The lowest BCUT2D eigenvalue weighted by Gasteiger charge is -2.18. The van der Waals surface area contributed by atoms with Crippen LogP contribution in [0, 0.1) is 0 Å². The summed E-state index contributed by atoms with van der Waals surface area (Å²) in [5, 5.41) is 6.18. The first-order valence-electron chi connectivity index (χ1n) is 9.32. The van der Waals surface area contributed by atoms with Crippen molar-refractivity contribution in [2.45, 2.75) is 38.8 Å². The van der Waals surface area contributed by atoms with Crippen molar-refractivity contribution in [1.82, 2.24) is 15.5 Å². The number of carbonyl (C=O) groups is 3. The number of furan rings is 1. The molecule has 28 heavy (non-hydrogen) atoms. The van der Waals surface area contributed by atoms with Gasteiger partial charge in [0, 0.05) is 18.5 Å². The highest BCUT2D eigenvalue weighted by Gasteiger charge is 2.51. The first kappa shape index (κ1) is 19.9. The van der Waals surface area contributed by atoms with Crippen LogP contribution in [0.25, 0.3) is 11.0 Å². The van der Waals surface area contributed by atoms with E-state index in [1.807, 2.05) is 32.0 Å². The lowest BCUT2D eigenvalue weighted by atomic mass is 9.99. The van der Waals surface area contributed by atoms with E-state index in [4.69, 9.17) is 9.15 Å². The number of hydrogen-bond donors (Lipinski definition) is 2. The van der Waals surface area contributed by atoms with Gasteiger partial charge in [-0.1, -0.05) is 18.2 Å². The monoisotopic (exact) mass is 387 g/mol. The molecule has 4 amide bonds. The third-order valence-electron chi connectivity index (χ3n) is 4.59. The first-order chi connectivity index (χ1) is 13.3. The molecular formula is C20H25N3O5. The summed E-state index contributed by atoms with van der Waals surface area (Å²) >= 11 is 0. The molecule has 2 N–H and O–H groups in total. The van der Waals surface area contributed by atoms with Crippen molar-refractivity contribution in [2.24, 2.45) is 0 Å². The second-order valence-corrected chi connectivity index (χ2v) is 7.22. The second-order valence-electron chi connectivity index (χ2n) is 7.22. The smallest absolute Gasteiger partial charge is 0.325 e. The average molecular weight is 387 g/mol. The molecule has 0 radical (unpaired) electrons. The van der Waals surface area contributed by atoms with Crippen molar-refractivity contribution in [1.29, 1.82) is 0 Å². The van der Waals surface area contributed by atoms with Gasteiger partial charge in [-0.2, -0.15) is 0 Å². The minimum Gasteiger partial charge on any atom is -0.458 e. The van der Waals surface area contributed by atoms with Crippen molar-refractivity contribution >= 4 is 28.8 Å². The Morgan fingerprint density at radius 2 is 2.07 bits per heavy atom. The van der Waals surface area contributed by atoms with Gasteiger partial charge in [-0.3, -0.25) is 14.5 Å². The zero-order chi connectivity index (χ0) is 20.3. The molecule has 3 rings (SSSR count). The van der Waals surface area contributed by atoms with Crippen molar-refractivity contribution in [3.05, 3.63) is 36.1 Å². The van der Waals surface area contributed by atoms with E-state index in [0.29, 0.717) is 30.9 Å². The maximum absolute atomic E-state index is 12.9. The van der Waals surface area contributed by atoms with Gasteiger partial charge in [0.15, 0.2) is 5.54 Å². The summed E-state index contributed by atoms with van der Waals surface area (Å²) in [7, 11) is 0. The van der Waals surface area contributed by atoms with Crippen LogP contribution in [0.15, 0.2) is 34.7 Å². The number of nitrogens with one attached hydrogen (secondary N) is 2. The highest BCUT2D eigenvalue weighted by atomic mass is 16.5. The van der Waals surface area contributed by atoms with Gasteiger partial charge in [-0.15, -0.1) is 0 Å². The molecule has 0 unspecified atom stereocenters. The molecule has 2 heterocycles. The maximum atomic E-state index is 12.9. The number of nitrogens with zero attached hydrogens (tertiary/aromatic N) is 1. The first-order valence-corrected chi connectivity index (χ1v) is 9.32. The Kier molecular flexibility index (Phi) is 5.69. The number of para-hydroxylation sites is 1. The molecule has 1 aliphatic heterocycles. The molecule has 1 aromatic carbocycles. The van der Waals surface area contributed by atoms with E-state index in [9.17, 15) is 14.4 Å². The number of rotatable bonds is 8. The lowest BCUT2D eigenvalue weighted by molar-refractivity contribution is -0.135. The molecule has 1 aliphatic rings. The maximum Gasteiger partial charge on any atom is 0.325 e. The van der Waals surface area contributed by atoms with Gasteiger partial charge in [0.05, 0.1) is 6.10 Å². The summed E-state index contributed by atoms with van der Waals surface area (Å²) in [6.07, 6.45) is 0.790. The Hall–Kier alpha value is -2.87. The summed E-state index contributed by atoms with van der Waals surface area (Å²) in [4.78, 5) is 38.2. The Morgan fingerprint density at radius 3 is 2.79 bits per heavy atom. The van der Waals surface area contributed by atoms with E-state index in [0.717, 1.165) is 10.3 Å². The summed E-state index contributed by atoms with van der Waals surface area (Å²) < 4.78 is 11.2. The second kappa shape index (κ2) is 8.02. The predicted molar refractivity (Wildman–Crippen MR) is 103 cm³/mol. The normalized spacial score (nSPS) is 19.5. The zero-order valence-corrected chi connectivity index (χ0v) is 16.3. The molecule has 150 valence electrons. The quantitative estimate of drug-likeness (QED) is 0.534. The lowest BCUT2D eigenvalue weighted by Crippen LogP contribution is -2.43. The van der Waals surface area contributed by atoms with E-state index >= 15 is 0 Å². The van der Waals surface area contributed by atoms with Crippen molar-refractivity contribution in [2.75, 3.05) is 19.7 Å². The van der Waals surface area contributed by atoms with Gasteiger partial charge in [0.25, 0.3) is 5.91 Å². The highest BCUT2D eigenvalue weighted by molar-refractivity contribution is 6.09. The third-order valence-corrected chi connectivity index (χ3v) is 4.59. The van der Waals surface area contributed by atoms with Gasteiger partial charge in [0.2, 0.25) is 5.91 Å². The Bertz CT molecular complexity index is 858. The Morgan fingerprint density at radius 1 is 1.32 bits per heavy atom. The van der Waals surface area contributed by atoms with Crippen molar-refractivity contribution < 1.29 is 23.5 Å². The summed E-state index contributed by atoms with van der Waals surface area (Å²) in [5.41, 5.74) is -0.720. The van der Waals surface area contributed by atoms with E-state index in [1.54, 1.807) is 19.1 Å². The molecule has 1 atom stereocenters. The van der Waals surface area contributed by atoms with Crippen LogP contribution in [0.5, 0.6) is 0 Å². The SMILES string of the molecule is CC(C)OCCCNC(=O)CN1C(=O)N[C@@](C)(c2cc3ccccc3o2)C1=O. The van der Waals surface area contributed by atoms with Gasteiger partial charge in [0.1, 0.15) is 17.9 Å². The van der Waals surface area contributed by atoms with E-state index in [-0.39, 0.29) is 12.6 Å². The molecule has 0 spiro atoms. The van der Waals surface area contributed by atoms with E-state index in [1.165, 1.54) is 0 Å². The molecule has 0 bridgehead atoms. The average Bonchev–Trinajstić information content (AvgIpc) is 3.17. The predicted octanol–water partition coefficient (Wildman–Crippen LogP) is 2.13. The fraction of sp³-hybridized carbons (Fsp3) is 0.450. The van der Waals surface area contributed by atoms with E-state index < -0.39 is 23.4 Å². The summed E-state index contributed by atoms with van der Waals surface area (Å²) in [5.74, 6) is -0.586. The summed E-state index contributed by atoms with van der Waals surface area (Å²) in [6.45, 7) is 6.06. The van der Waals surface area contributed by atoms with Crippen LogP contribution in [0.1, 0.15) is 33.0 Å². The number of carbonyl (C=O) groups excluding carboxylic acids is 3. The Labute approximate surface area is 163 Å². The number of amides is 4. The number of urea groups is 1. The number of hydrogen-bond acceptors (Lipinski definition) is 5. The van der Waals surface area contributed by atoms with Gasteiger partial charge < -0.3 is 19.8 Å². The zero-order valence-electron chi connectivity index (χ0n) is 16.3. The molecule has 1 aromatic heterocycles. The molecule has 8 nitrogen and oxygen atoms in total. The van der Waals surface area contributed by atoms with Crippen LogP contribution in [-0.4, -0.2) is 48.5 Å². The largest absolute Gasteiger partial charge is 0.458 e. The molecule has 8 heteroatoms. The third kappa shape index (κ3) is 4.01. The van der Waals surface area contributed by atoms with E-state index in [2.05, 4.69) is 10.6 Å². The van der Waals surface area contributed by atoms with Gasteiger partial charge >= 0.3 is 6.03 Å². The fourth-order valence-corrected chi connectivity index (χ4v) is 3.05. The van der Waals surface area contributed by atoms with Crippen LogP contribution < -0.4 is 10.6 Å². The van der Waals surface area contributed by atoms with Crippen molar-refractivity contribution in [3.8, 4) is 0 Å². The standard InChI is InChI=1S/C20H25N3O5/c1-13(2)27-10-6-9-21-17(24)12-23-18(25)20(3,22-19(23)26)16-11-14-7-4-5-8-15(14)28-16/h4-5,7-8,11,13H,6,9-10,12H2,1-3H3,(H,21,24)(H,22,26)/t20-/m0/s1. The molecule has 1 saturated heterocycles. The number of ether oxygens (including phenoxy) is 1. The van der Waals surface area contributed by atoms with Gasteiger partial charge in [-0.05, 0) is 39.3 Å². The molecule has 0 aliphatic carbocycles. The van der Waals surface area contributed by atoms with Crippen LogP contribution in [0.2, 0.25) is 0 Å². The Balaban J connectivity index is 1.62. The minimum atomic E-state index is -1.35. The molecule has 0 saturated carbocycles. The fourth-order valence-electron chi connectivity index (χ4n) is 3.05. The number of fused-ring (bicyclic) bond motifs is 1. The van der Waals surface area contributed by atoms with Gasteiger partial charge in [-0.25, -0.2) is 4.79 Å². The van der Waals surface area contributed by atoms with Crippen LogP contribution >= 0.6 is 0 Å². The topological polar surface area (TPSA) is 101 Å². The highest BCUT2D eigenvalue weighted by Crippen LogP contribution is 2.32. The molecule has 2 aromatic rings. The van der Waals surface area contributed by atoms with Crippen LogP contribution in [0.3, 0.4) is 0 Å². The molecule has 1 fully saturated rings. The summed E-state index contributed by atoms with van der Waals surface area (Å²) in [6, 6.07) is 8.45. The number of benzene rings is 1. The van der Waals surface area contributed by atoms with Crippen LogP contribution in [-0.2, 0) is 19.9 Å². The van der Waals surface area contributed by atoms with Crippen molar-refractivity contribution in [3.63, 3.8) is 0 Å². The minimum absolute atomic E-state index is 0.137.